The molecule has 158 valence electrons. The van der Waals surface area contributed by atoms with Crippen LogP contribution >= 0.6 is 11.8 Å². The zero-order valence-electron chi connectivity index (χ0n) is 16.5. The highest BCUT2D eigenvalue weighted by molar-refractivity contribution is 7.98. The van der Waals surface area contributed by atoms with E-state index in [2.05, 4.69) is 37.7 Å². The zero-order chi connectivity index (χ0) is 20.8. The van der Waals surface area contributed by atoms with Crippen LogP contribution in [0.5, 0.6) is 0 Å². The lowest BCUT2D eigenvalue weighted by Crippen LogP contribution is -2.30. The highest BCUT2D eigenvalue weighted by atomic mass is 32.2. The van der Waals surface area contributed by atoms with Crippen molar-refractivity contribution in [3.63, 3.8) is 0 Å². The molecular formula is C20H24N6O3S. The lowest BCUT2D eigenvalue weighted by atomic mass is 10.1. The first-order valence-electron chi connectivity index (χ1n) is 10.1. The number of aromatic nitrogens is 5. The molecule has 0 amide bonds. The Morgan fingerprint density at radius 1 is 1.13 bits per heavy atom. The number of anilines is 1. The Balaban J connectivity index is 1.46. The van der Waals surface area contributed by atoms with Crippen LogP contribution in [0.4, 0.5) is 5.82 Å². The van der Waals surface area contributed by atoms with Crippen molar-refractivity contribution >= 4 is 28.7 Å². The van der Waals surface area contributed by atoms with Crippen LogP contribution in [0.1, 0.15) is 30.4 Å². The third-order valence-corrected chi connectivity index (χ3v) is 6.69. The minimum absolute atomic E-state index is 0.193. The smallest absolute Gasteiger partial charge is 0.191 e. The molecular weight excluding hydrogens is 404 g/mol. The van der Waals surface area contributed by atoms with Crippen LogP contribution in [0, 0.1) is 5.92 Å². The molecule has 2 unspecified atom stereocenters. The summed E-state index contributed by atoms with van der Waals surface area (Å²) in [4.78, 5) is 9.17. The number of nitrogens with one attached hydrogen (secondary N) is 1. The van der Waals surface area contributed by atoms with E-state index in [0.29, 0.717) is 34.5 Å². The van der Waals surface area contributed by atoms with E-state index in [1.165, 1.54) is 17.3 Å². The number of benzene rings is 1. The third kappa shape index (κ3) is 3.33. The summed E-state index contributed by atoms with van der Waals surface area (Å²) in [6, 6.07) is 10.1. The van der Waals surface area contributed by atoms with Gasteiger partial charge in [-0.3, -0.25) is 0 Å². The highest BCUT2D eigenvalue weighted by Gasteiger charge is 2.44. The SMILES string of the molecule is CSc1nc(NC2CC2c2ccccc2)c2nnn([C@@H]3C[C@H](CO)[C@@H](O)[C@H]3O)c2n1. The number of hydrogen-bond acceptors (Lipinski definition) is 9. The first kappa shape index (κ1) is 19.7. The van der Waals surface area contributed by atoms with Gasteiger partial charge < -0.3 is 20.6 Å². The largest absolute Gasteiger partial charge is 0.396 e. The Kier molecular flexibility index (Phi) is 5.10. The summed E-state index contributed by atoms with van der Waals surface area (Å²) in [7, 11) is 0. The maximum absolute atomic E-state index is 10.5. The van der Waals surface area contributed by atoms with Crippen molar-refractivity contribution in [3.8, 4) is 0 Å². The Bertz CT molecular complexity index is 1050. The fourth-order valence-electron chi connectivity index (χ4n) is 4.35. The van der Waals surface area contributed by atoms with Gasteiger partial charge in [-0.05, 0) is 24.7 Å². The molecule has 2 aliphatic rings. The number of hydrogen-bond donors (Lipinski definition) is 4. The molecule has 2 heterocycles. The fraction of sp³-hybridized carbons (Fsp3) is 0.500. The second kappa shape index (κ2) is 7.77. The summed E-state index contributed by atoms with van der Waals surface area (Å²) in [5, 5.41) is 42.8. The molecule has 0 radical (unpaired) electrons. The summed E-state index contributed by atoms with van der Waals surface area (Å²) in [6.07, 6.45) is 1.28. The van der Waals surface area contributed by atoms with Crippen LogP contribution < -0.4 is 5.32 Å². The predicted molar refractivity (Wildman–Crippen MR) is 112 cm³/mol. The minimum Gasteiger partial charge on any atom is -0.396 e. The molecule has 30 heavy (non-hydrogen) atoms. The molecule has 2 aromatic heterocycles. The van der Waals surface area contributed by atoms with E-state index in [4.69, 9.17) is 0 Å². The maximum atomic E-state index is 10.5. The molecule has 4 N–H and O–H groups in total. The molecule has 6 atom stereocenters. The maximum Gasteiger partial charge on any atom is 0.191 e. The van der Waals surface area contributed by atoms with Crippen molar-refractivity contribution in [1.29, 1.82) is 0 Å². The lowest BCUT2D eigenvalue weighted by Gasteiger charge is -2.17. The van der Waals surface area contributed by atoms with Gasteiger partial charge in [0.2, 0.25) is 0 Å². The van der Waals surface area contributed by atoms with E-state index >= 15 is 0 Å². The predicted octanol–water partition coefficient (Wildman–Crippen LogP) is 1.19. The van der Waals surface area contributed by atoms with Crippen LogP contribution in [0.25, 0.3) is 11.2 Å². The van der Waals surface area contributed by atoms with Gasteiger partial charge in [0.05, 0.1) is 12.1 Å². The van der Waals surface area contributed by atoms with Crippen molar-refractivity contribution in [3.05, 3.63) is 35.9 Å². The quantitative estimate of drug-likeness (QED) is 0.338. The Morgan fingerprint density at radius 3 is 2.63 bits per heavy atom. The van der Waals surface area contributed by atoms with Crippen molar-refractivity contribution in [2.75, 3.05) is 18.2 Å². The van der Waals surface area contributed by atoms with Crippen molar-refractivity contribution in [1.82, 2.24) is 25.0 Å². The van der Waals surface area contributed by atoms with E-state index in [9.17, 15) is 15.3 Å². The average Bonchev–Trinajstić information content (AvgIpc) is 3.32. The summed E-state index contributed by atoms with van der Waals surface area (Å²) in [5.41, 5.74) is 2.36. The van der Waals surface area contributed by atoms with Gasteiger partial charge in [0, 0.05) is 24.5 Å². The molecule has 0 bridgehead atoms. The molecule has 1 aromatic carbocycles. The van der Waals surface area contributed by atoms with E-state index in [1.807, 2.05) is 24.5 Å². The van der Waals surface area contributed by atoms with Crippen LogP contribution in [-0.4, -0.2) is 71.4 Å². The van der Waals surface area contributed by atoms with Gasteiger partial charge in [-0.25, -0.2) is 14.6 Å². The summed E-state index contributed by atoms with van der Waals surface area (Å²) in [6.45, 7) is -0.193. The van der Waals surface area contributed by atoms with Gasteiger partial charge in [-0.1, -0.05) is 47.3 Å². The van der Waals surface area contributed by atoms with Gasteiger partial charge in [0.1, 0.15) is 6.10 Å². The Labute approximate surface area is 177 Å². The molecule has 0 aliphatic heterocycles. The molecule has 0 spiro atoms. The van der Waals surface area contributed by atoms with Gasteiger partial charge in [0.15, 0.2) is 22.1 Å². The normalized spacial score (nSPS) is 30.7. The van der Waals surface area contributed by atoms with Gasteiger partial charge in [0.25, 0.3) is 0 Å². The van der Waals surface area contributed by atoms with Crippen molar-refractivity contribution < 1.29 is 15.3 Å². The van der Waals surface area contributed by atoms with Crippen molar-refractivity contribution in [2.24, 2.45) is 5.92 Å². The van der Waals surface area contributed by atoms with E-state index < -0.39 is 24.2 Å². The first-order valence-corrected chi connectivity index (χ1v) is 11.3. The van der Waals surface area contributed by atoms with Gasteiger partial charge >= 0.3 is 0 Å². The number of nitrogens with zero attached hydrogens (tertiary/aromatic N) is 5. The Hall–Kier alpha value is -2.27. The summed E-state index contributed by atoms with van der Waals surface area (Å²) in [5.74, 6) is 0.661. The molecule has 2 saturated carbocycles. The monoisotopic (exact) mass is 428 g/mol. The first-order chi connectivity index (χ1) is 14.6. The second-order valence-electron chi connectivity index (χ2n) is 8.00. The molecule has 9 nitrogen and oxygen atoms in total. The molecule has 2 aliphatic carbocycles. The molecule has 5 rings (SSSR count). The third-order valence-electron chi connectivity index (χ3n) is 6.15. The minimum atomic E-state index is -1.04. The van der Waals surface area contributed by atoms with Crippen LogP contribution in [-0.2, 0) is 0 Å². The summed E-state index contributed by atoms with van der Waals surface area (Å²) < 4.78 is 1.56. The number of aliphatic hydroxyl groups is 3. The van der Waals surface area contributed by atoms with Crippen LogP contribution in [0.2, 0.25) is 0 Å². The summed E-state index contributed by atoms with van der Waals surface area (Å²) >= 11 is 1.42. The zero-order valence-corrected chi connectivity index (χ0v) is 17.3. The van der Waals surface area contributed by atoms with Crippen LogP contribution in [0.15, 0.2) is 35.5 Å². The van der Waals surface area contributed by atoms with E-state index in [0.717, 1.165) is 6.42 Å². The molecule has 3 aromatic rings. The van der Waals surface area contributed by atoms with Gasteiger partial charge in [-0.2, -0.15) is 0 Å². The number of fused-ring (bicyclic) bond motifs is 1. The van der Waals surface area contributed by atoms with E-state index in [-0.39, 0.29) is 12.6 Å². The topological polar surface area (TPSA) is 129 Å². The fourth-order valence-corrected chi connectivity index (χ4v) is 4.71. The Morgan fingerprint density at radius 2 is 1.93 bits per heavy atom. The molecule has 10 heteroatoms. The van der Waals surface area contributed by atoms with E-state index in [1.54, 1.807) is 4.68 Å². The highest BCUT2D eigenvalue weighted by Crippen LogP contribution is 2.43. The number of rotatable bonds is 6. The number of thioether (sulfide) groups is 1. The molecule has 2 fully saturated rings. The second-order valence-corrected chi connectivity index (χ2v) is 8.77. The van der Waals surface area contributed by atoms with Gasteiger partial charge in [-0.15, -0.1) is 5.10 Å². The standard InChI is InChI=1S/C20H24N6O3S/c1-30-20-22-18(21-13-8-12(13)10-5-3-2-4-6-10)15-19(23-20)26(25-24-15)14-7-11(9-27)16(28)17(14)29/h2-6,11-14,16-17,27-29H,7-9H2,1H3,(H,21,22,23)/t11-,12?,13?,14-,16-,17+/m1/s1. The van der Waals surface area contributed by atoms with Crippen LogP contribution in [0.3, 0.4) is 0 Å². The van der Waals surface area contributed by atoms with Crippen molar-refractivity contribution in [2.45, 2.75) is 48.2 Å². The average molecular weight is 429 g/mol. The molecule has 0 saturated heterocycles. The lowest BCUT2D eigenvalue weighted by molar-refractivity contribution is -0.00512. The number of aliphatic hydroxyl groups excluding tert-OH is 3.